The Morgan fingerprint density at radius 3 is 2.42 bits per heavy atom. The van der Waals surface area contributed by atoms with E-state index in [4.69, 9.17) is 0 Å². The first-order valence-corrected chi connectivity index (χ1v) is 5.68. The summed E-state index contributed by atoms with van der Waals surface area (Å²) in [7, 11) is 0. The zero-order valence-corrected chi connectivity index (χ0v) is 9.95. The normalized spacial score (nSPS) is 10.5. The molecule has 0 atom stereocenters. The summed E-state index contributed by atoms with van der Waals surface area (Å²) < 4.78 is 42.2. The second-order valence-electron chi connectivity index (χ2n) is 3.82. The number of hydrogen-bond donors (Lipinski definition) is 1. The summed E-state index contributed by atoms with van der Waals surface area (Å²) >= 11 is 0. The first kappa shape index (κ1) is 13.3. The molecular formula is C14H12F3NO. The van der Waals surface area contributed by atoms with Gasteiger partial charge in [-0.2, -0.15) is 8.78 Å². The van der Waals surface area contributed by atoms with Gasteiger partial charge < -0.3 is 10.1 Å². The molecule has 0 aromatic heterocycles. The second kappa shape index (κ2) is 6.13. The summed E-state index contributed by atoms with van der Waals surface area (Å²) in [5.41, 5.74) is 0.848. The van der Waals surface area contributed by atoms with E-state index in [1.54, 1.807) is 36.4 Å². The first-order chi connectivity index (χ1) is 9.16. The van der Waals surface area contributed by atoms with E-state index in [-0.39, 0.29) is 12.3 Å². The smallest absolute Gasteiger partial charge is 0.387 e. The maximum atomic E-state index is 13.4. The summed E-state index contributed by atoms with van der Waals surface area (Å²) in [6.45, 7) is -2.68. The average molecular weight is 267 g/mol. The van der Waals surface area contributed by atoms with Gasteiger partial charge in [0.05, 0.1) is 5.69 Å². The minimum absolute atomic E-state index is 0.0846. The van der Waals surface area contributed by atoms with E-state index in [0.29, 0.717) is 11.3 Å². The number of para-hydroxylation sites is 2. The van der Waals surface area contributed by atoms with E-state index >= 15 is 0 Å². The molecular weight excluding hydrogens is 255 g/mol. The number of halogens is 3. The van der Waals surface area contributed by atoms with Crippen LogP contribution in [-0.4, -0.2) is 6.61 Å². The number of benzene rings is 2. The van der Waals surface area contributed by atoms with Crippen molar-refractivity contribution in [1.82, 2.24) is 0 Å². The van der Waals surface area contributed by atoms with Gasteiger partial charge in [0.2, 0.25) is 0 Å². The van der Waals surface area contributed by atoms with Crippen LogP contribution in [0.1, 0.15) is 5.56 Å². The Balaban J connectivity index is 2.09. The fourth-order valence-electron chi connectivity index (χ4n) is 1.66. The molecule has 0 spiro atoms. The van der Waals surface area contributed by atoms with Crippen LogP contribution in [-0.2, 0) is 6.54 Å². The Kier molecular flexibility index (Phi) is 4.28. The minimum atomic E-state index is -2.88. The Bertz CT molecular complexity index is 546. The first-order valence-electron chi connectivity index (χ1n) is 5.68. The van der Waals surface area contributed by atoms with Crippen LogP contribution in [0, 0.1) is 5.82 Å². The maximum absolute atomic E-state index is 13.4. The number of rotatable bonds is 5. The minimum Gasteiger partial charge on any atom is -0.434 e. The van der Waals surface area contributed by atoms with E-state index in [0.717, 1.165) is 0 Å². The molecule has 0 aliphatic heterocycles. The standard InChI is InChI=1S/C14H12F3NO/c15-11-6-2-3-7-12(11)18-9-10-5-1-4-8-13(10)19-14(16)17/h1-8,14,18H,9H2. The van der Waals surface area contributed by atoms with Crippen LogP contribution < -0.4 is 10.1 Å². The molecule has 5 heteroatoms. The number of nitrogens with one attached hydrogen (secondary N) is 1. The molecule has 2 rings (SSSR count). The Morgan fingerprint density at radius 1 is 1.00 bits per heavy atom. The van der Waals surface area contributed by atoms with Crippen molar-refractivity contribution in [2.45, 2.75) is 13.2 Å². The molecule has 0 radical (unpaired) electrons. The third-order valence-electron chi connectivity index (χ3n) is 2.53. The zero-order chi connectivity index (χ0) is 13.7. The fraction of sp³-hybridized carbons (Fsp3) is 0.143. The number of hydrogen-bond acceptors (Lipinski definition) is 2. The van der Waals surface area contributed by atoms with Crippen LogP contribution in [0.4, 0.5) is 18.9 Å². The third-order valence-corrected chi connectivity index (χ3v) is 2.53. The molecule has 0 fully saturated rings. The summed E-state index contributed by atoms with van der Waals surface area (Å²) in [5.74, 6) is -0.309. The highest BCUT2D eigenvalue weighted by Gasteiger charge is 2.09. The van der Waals surface area contributed by atoms with Crippen molar-refractivity contribution in [3.8, 4) is 5.75 Å². The summed E-state index contributed by atoms with van der Waals surface area (Å²) in [6.07, 6.45) is 0. The maximum Gasteiger partial charge on any atom is 0.387 e. The van der Waals surface area contributed by atoms with E-state index in [1.807, 2.05) is 0 Å². The largest absolute Gasteiger partial charge is 0.434 e. The Hall–Kier alpha value is -2.17. The summed E-state index contributed by atoms with van der Waals surface area (Å²) in [5, 5.41) is 2.84. The lowest BCUT2D eigenvalue weighted by Crippen LogP contribution is -2.07. The highest BCUT2D eigenvalue weighted by atomic mass is 19.3. The molecule has 0 saturated heterocycles. The van der Waals surface area contributed by atoms with Gasteiger partial charge >= 0.3 is 6.61 Å². The number of alkyl halides is 2. The van der Waals surface area contributed by atoms with Gasteiger partial charge in [-0.25, -0.2) is 4.39 Å². The van der Waals surface area contributed by atoms with Crippen molar-refractivity contribution in [3.63, 3.8) is 0 Å². The lowest BCUT2D eigenvalue weighted by atomic mass is 10.2. The molecule has 0 saturated carbocycles. The molecule has 2 nitrogen and oxygen atoms in total. The van der Waals surface area contributed by atoms with E-state index in [1.165, 1.54) is 12.1 Å². The van der Waals surface area contributed by atoms with Gasteiger partial charge in [-0.05, 0) is 18.2 Å². The van der Waals surface area contributed by atoms with E-state index in [9.17, 15) is 13.2 Å². The van der Waals surface area contributed by atoms with Gasteiger partial charge in [0.15, 0.2) is 0 Å². The Morgan fingerprint density at radius 2 is 1.68 bits per heavy atom. The van der Waals surface area contributed by atoms with Gasteiger partial charge in [-0.1, -0.05) is 30.3 Å². The van der Waals surface area contributed by atoms with Crippen molar-refractivity contribution in [2.75, 3.05) is 5.32 Å². The van der Waals surface area contributed by atoms with Gasteiger partial charge in [0, 0.05) is 12.1 Å². The fourth-order valence-corrected chi connectivity index (χ4v) is 1.66. The SMILES string of the molecule is Fc1ccccc1NCc1ccccc1OC(F)F. The molecule has 2 aromatic carbocycles. The third kappa shape index (κ3) is 3.64. The van der Waals surface area contributed by atoms with Crippen molar-refractivity contribution in [3.05, 3.63) is 59.9 Å². The molecule has 2 aromatic rings. The van der Waals surface area contributed by atoms with Crippen molar-refractivity contribution < 1.29 is 17.9 Å². The van der Waals surface area contributed by atoms with Gasteiger partial charge in [0.25, 0.3) is 0 Å². The van der Waals surface area contributed by atoms with Gasteiger partial charge in [-0.3, -0.25) is 0 Å². The number of ether oxygens (including phenoxy) is 1. The highest BCUT2D eigenvalue weighted by Crippen LogP contribution is 2.22. The molecule has 0 bridgehead atoms. The van der Waals surface area contributed by atoms with Crippen LogP contribution in [0.5, 0.6) is 5.75 Å². The van der Waals surface area contributed by atoms with Crippen LogP contribution in [0.3, 0.4) is 0 Å². The van der Waals surface area contributed by atoms with E-state index in [2.05, 4.69) is 10.1 Å². The lowest BCUT2D eigenvalue weighted by molar-refractivity contribution is -0.0504. The molecule has 100 valence electrons. The molecule has 0 unspecified atom stereocenters. The molecule has 0 amide bonds. The van der Waals surface area contributed by atoms with Crippen molar-refractivity contribution in [1.29, 1.82) is 0 Å². The molecule has 1 N–H and O–H groups in total. The molecule has 0 aliphatic rings. The van der Waals surface area contributed by atoms with Crippen molar-refractivity contribution in [2.24, 2.45) is 0 Å². The lowest BCUT2D eigenvalue weighted by Gasteiger charge is -2.12. The van der Waals surface area contributed by atoms with E-state index < -0.39 is 12.4 Å². The quantitative estimate of drug-likeness (QED) is 0.882. The van der Waals surface area contributed by atoms with Gasteiger partial charge in [0.1, 0.15) is 11.6 Å². The topological polar surface area (TPSA) is 21.3 Å². The van der Waals surface area contributed by atoms with Crippen molar-refractivity contribution >= 4 is 5.69 Å². The van der Waals surface area contributed by atoms with Crippen LogP contribution in [0.25, 0.3) is 0 Å². The average Bonchev–Trinajstić information content (AvgIpc) is 2.39. The second-order valence-corrected chi connectivity index (χ2v) is 3.82. The summed E-state index contributed by atoms with van der Waals surface area (Å²) in [6, 6.07) is 12.6. The van der Waals surface area contributed by atoms with Gasteiger partial charge in [-0.15, -0.1) is 0 Å². The molecule has 19 heavy (non-hydrogen) atoms. The number of anilines is 1. The molecule has 0 heterocycles. The predicted molar refractivity (Wildman–Crippen MR) is 66.8 cm³/mol. The van der Waals surface area contributed by atoms with Crippen LogP contribution in [0.2, 0.25) is 0 Å². The summed E-state index contributed by atoms with van der Waals surface area (Å²) in [4.78, 5) is 0. The predicted octanol–water partition coefficient (Wildman–Crippen LogP) is 4.04. The van der Waals surface area contributed by atoms with Crippen LogP contribution in [0.15, 0.2) is 48.5 Å². The Labute approximate surface area is 108 Å². The highest BCUT2D eigenvalue weighted by molar-refractivity contribution is 5.46. The zero-order valence-electron chi connectivity index (χ0n) is 9.95. The monoisotopic (exact) mass is 267 g/mol. The molecule has 0 aliphatic carbocycles. The van der Waals surface area contributed by atoms with Crippen LogP contribution >= 0.6 is 0 Å².